The number of piperidine rings is 1. The van der Waals surface area contributed by atoms with Crippen LogP contribution in [0.25, 0.3) is 0 Å². The SMILES string of the molecule is C[N+]1(Cc2ccc(F)cc2)CCC[C@H](N(C(=O)Nc2ccc(OS(=O)(=O)c3cccc(F)c3)cc2)[C@@H](Cc2ccc(O)cc2)C(N)=O)C1. The number of hydrogen-bond donors (Lipinski definition) is 3. The summed E-state index contributed by atoms with van der Waals surface area (Å²) in [6, 6.07) is 20.6. The van der Waals surface area contributed by atoms with Crippen LogP contribution in [0.2, 0.25) is 0 Å². The Balaban J connectivity index is 1.39. The van der Waals surface area contributed by atoms with Crippen LogP contribution in [-0.2, 0) is 27.9 Å². The number of amides is 3. The van der Waals surface area contributed by atoms with Crippen molar-refractivity contribution in [3.63, 3.8) is 0 Å². The molecule has 0 spiro atoms. The van der Waals surface area contributed by atoms with Crippen LogP contribution < -0.4 is 15.2 Å². The van der Waals surface area contributed by atoms with Gasteiger partial charge in [0.1, 0.15) is 40.6 Å². The number of rotatable bonds is 11. The fourth-order valence-electron chi connectivity index (χ4n) is 6.13. The van der Waals surface area contributed by atoms with E-state index in [2.05, 4.69) is 12.4 Å². The third-order valence-electron chi connectivity index (χ3n) is 8.42. The number of benzene rings is 4. The number of phenols is 1. The van der Waals surface area contributed by atoms with Crippen molar-refractivity contribution in [2.75, 3.05) is 25.5 Å². The predicted molar refractivity (Wildman–Crippen MR) is 175 cm³/mol. The Morgan fingerprint density at radius 3 is 2.29 bits per heavy atom. The van der Waals surface area contributed by atoms with Crippen LogP contribution in [0.3, 0.4) is 0 Å². The average molecular weight is 680 g/mol. The van der Waals surface area contributed by atoms with E-state index in [1.807, 2.05) is 0 Å². The standard InChI is InChI=1S/C35H36F2N4O6S/c1-41(22-25-7-11-26(36)12-8-25)19-3-5-29(23-41)40(33(34(38)43)20-24-9-15-30(42)16-10-24)35(44)39-28-13-17-31(18-14-28)47-48(45,46)32-6-2-4-27(37)21-32/h2,4,6-18,21,29,33H,3,5,19-20,22-23H2,1H3,(H3-,38,39,42,43,44)/p+1/t29-,33-,41?/m0/s1. The summed E-state index contributed by atoms with van der Waals surface area (Å²) in [5.41, 5.74) is 7.87. The second kappa shape index (κ2) is 14.4. The molecule has 0 saturated carbocycles. The van der Waals surface area contributed by atoms with E-state index in [0.29, 0.717) is 35.2 Å². The van der Waals surface area contributed by atoms with Crippen LogP contribution in [-0.4, -0.2) is 67.1 Å². The quantitative estimate of drug-likeness (QED) is 0.148. The number of likely N-dealkylation sites (N-methyl/N-ethyl adjacent to an activating group) is 1. The van der Waals surface area contributed by atoms with Crippen molar-refractivity contribution < 1.29 is 40.6 Å². The number of urea groups is 1. The van der Waals surface area contributed by atoms with E-state index in [1.54, 1.807) is 24.3 Å². The van der Waals surface area contributed by atoms with Gasteiger partial charge in [-0.25, -0.2) is 13.6 Å². The molecule has 252 valence electrons. The molecule has 1 fully saturated rings. The average Bonchev–Trinajstić information content (AvgIpc) is 3.03. The number of nitrogens with zero attached hydrogens (tertiary/aromatic N) is 2. The molecule has 0 aromatic heterocycles. The van der Waals surface area contributed by atoms with Gasteiger partial charge < -0.3 is 29.7 Å². The normalized spacial score (nSPS) is 18.4. The van der Waals surface area contributed by atoms with Gasteiger partial charge in [0.2, 0.25) is 5.91 Å². The van der Waals surface area contributed by atoms with E-state index in [9.17, 15) is 31.9 Å². The van der Waals surface area contributed by atoms with Crippen LogP contribution >= 0.6 is 0 Å². The Hall–Kier alpha value is -5.01. The van der Waals surface area contributed by atoms with Gasteiger partial charge in [-0.1, -0.05) is 30.3 Å². The lowest BCUT2D eigenvalue weighted by atomic mass is 9.96. The van der Waals surface area contributed by atoms with Crippen LogP contribution in [0.1, 0.15) is 24.0 Å². The van der Waals surface area contributed by atoms with Crippen molar-refractivity contribution in [2.45, 2.75) is 42.8 Å². The third kappa shape index (κ3) is 8.66. The molecule has 4 aromatic carbocycles. The molecule has 4 N–H and O–H groups in total. The minimum absolute atomic E-state index is 0.0567. The number of primary amides is 1. The summed E-state index contributed by atoms with van der Waals surface area (Å²) >= 11 is 0. The number of likely N-dealkylation sites (tertiary alicyclic amines) is 1. The van der Waals surface area contributed by atoms with Crippen molar-refractivity contribution in [2.24, 2.45) is 5.73 Å². The minimum Gasteiger partial charge on any atom is -0.508 e. The molecule has 3 atom stereocenters. The highest BCUT2D eigenvalue weighted by Crippen LogP contribution is 2.28. The van der Waals surface area contributed by atoms with E-state index in [4.69, 9.17) is 9.92 Å². The topological polar surface area (TPSA) is 139 Å². The lowest BCUT2D eigenvalue weighted by Crippen LogP contribution is -2.62. The van der Waals surface area contributed by atoms with Crippen LogP contribution in [0, 0.1) is 11.6 Å². The molecule has 5 rings (SSSR count). The van der Waals surface area contributed by atoms with Crippen molar-refractivity contribution in [1.82, 2.24) is 4.90 Å². The van der Waals surface area contributed by atoms with Crippen LogP contribution in [0.15, 0.2) is 102 Å². The Morgan fingerprint density at radius 2 is 1.65 bits per heavy atom. The van der Waals surface area contributed by atoms with Crippen LogP contribution in [0.4, 0.5) is 19.3 Å². The molecule has 10 nitrogen and oxygen atoms in total. The number of halogens is 2. The molecule has 1 aliphatic heterocycles. The second-order valence-electron chi connectivity index (χ2n) is 12.3. The molecule has 13 heteroatoms. The summed E-state index contributed by atoms with van der Waals surface area (Å²) in [4.78, 5) is 28.3. The van der Waals surface area contributed by atoms with E-state index < -0.39 is 40.0 Å². The van der Waals surface area contributed by atoms with Gasteiger partial charge >= 0.3 is 16.1 Å². The first-order chi connectivity index (χ1) is 22.8. The summed E-state index contributed by atoms with van der Waals surface area (Å²) in [5.74, 6) is -1.76. The zero-order chi connectivity index (χ0) is 34.5. The minimum atomic E-state index is -4.31. The summed E-state index contributed by atoms with van der Waals surface area (Å²) < 4.78 is 58.1. The van der Waals surface area contributed by atoms with Crippen molar-refractivity contribution in [3.05, 3.63) is 120 Å². The molecule has 3 amide bonds. The molecule has 1 unspecified atom stereocenters. The lowest BCUT2D eigenvalue weighted by molar-refractivity contribution is -0.928. The van der Waals surface area contributed by atoms with E-state index in [1.165, 1.54) is 65.6 Å². The van der Waals surface area contributed by atoms with Gasteiger partial charge in [-0.2, -0.15) is 8.42 Å². The maximum absolute atomic E-state index is 14.1. The molecule has 0 radical (unpaired) electrons. The smallest absolute Gasteiger partial charge is 0.339 e. The predicted octanol–water partition coefficient (Wildman–Crippen LogP) is 5.18. The largest absolute Gasteiger partial charge is 0.508 e. The highest BCUT2D eigenvalue weighted by Gasteiger charge is 2.41. The number of carbonyl (C=O) groups excluding carboxylic acids is 2. The Bertz CT molecular complexity index is 1860. The highest BCUT2D eigenvalue weighted by atomic mass is 32.2. The molecule has 1 saturated heterocycles. The number of phenolic OH excluding ortho intramolecular Hbond substituents is 1. The summed E-state index contributed by atoms with van der Waals surface area (Å²) in [5, 5.41) is 12.6. The number of quaternary nitrogens is 1. The number of anilines is 1. The Kier molecular flexibility index (Phi) is 10.3. The first kappa shape index (κ1) is 34.3. The van der Waals surface area contributed by atoms with E-state index in [-0.39, 0.29) is 28.6 Å². The highest BCUT2D eigenvalue weighted by molar-refractivity contribution is 7.87. The number of hydrogen-bond acceptors (Lipinski definition) is 6. The third-order valence-corrected chi connectivity index (χ3v) is 9.66. The van der Waals surface area contributed by atoms with Crippen molar-refractivity contribution in [3.8, 4) is 11.5 Å². The molecule has 1 aliphatic rings. The van der Waals surface area contributed by atoms with Crippen molar-refractivity contribution >= 4 is 27.7 Å². The summed E-state index contributed by atoms with van der Waals surface area (Å²) in [6.07, 6.45) is 1.46. The van der Waals surface area contributed by atoms with E-state index >= 15 is 0 Å². The molecule has 0 aliphatic carbocycles. The molecule has 0 bridgehead atoms. The van der Waals surface area contributed by atoms with Crippen molar-refractivity contribution in [1.29, 1.82) is 0 Å². The maximum atomic E-state index is 14.1. The van der Waals surface area contributed by atoms with Crippen LogP contribution in [0.5, 0.6) is 11.5 Å². The Morgan fingerprint density at radius 1 is 0.979 bits per heavy atom. The van der Waals surface area contributed by atoms with Gasteiger partial charge in [0, 0.05) is 17.7 Å². The van der Waals surface area contributed by atoms with Gasteiger partial charge in [-0.15, -0.1) is 0 Å². The molecule has 4 aromatic rings. The fourth-order valence-corrected chi connectivity index (χ4v) is 7.10. The molecule has 48 heavy (non-hydrogen) atoms. The molecular weight excluding hydrogens is 642 g/mol. The zero-order valence-corrected chi connectivity index (χ0v) is 27.1. The fraction of sp³-hybridized carbons (Fsp3) is 0.257. The maximum Gasteiger partial charge on any atom is 0.339 e. The molecule has 1 heterocycles. The number of nitrogens with two attached hydrogens (primary N) is 1. The van der Waals surface area contributed by atoms with E-state index in [0.717, 1.165) is 30.7 Å². The first-order valence-electron chi connectivity index (χ1n) is 15.3. The summed E-state index contributed by atoms with van der Waals surface area (Å²) in [7, 11) is -2.25. The van der Waals surface area contributed by atoms with Gasteiger partial charge in [0.25, 0.3) is 0 Å². The number of nitrogens with one attached hydrogen (secondary N) is 1. The Labute approximate surface area is 278 Å². The lowest BCUT2D eigenvalue weighted by Gasteiger charge is -2.46. The van der Waals surface area contributed by atoms with Gasteiger partial charge in [0.15, 0.2) is 0 Å². The van der Waals surface area contributed by atoms with Gasteiger partial charge in [-0.3, -0.25) is 4.79 Å². The van der Waals surface area contributed by atoms with Gasteiger partial charge in [-0.05, 0) is 85.1 Å². The first-order valence-corrected chi connectivity index (χ1v) is 16.8. The summed E-state index contributed by atoms with van der Waals surface area (Å²) in [6.45, 7) is 1.89. The van der Waals surface area contributed by atoms with Gasteiger partial charge in [0.05, 0.1) is 26.2 Å². The number of aromatic hydroxyl groups is 1. The number of carbonyl (C=O) groups is 2. The molecular formula is C35H37F2N4O6S+. The second-order valence-corrected chi connectivity index (χ2v) is 13.8. The monoisotopic (exact) mass is 679 g/mol. The zero-order valence-electron chi connectivity index (χ0n) is 26.3.